The number of aryl methyl sites for hydroxylation is 1. The van der Waals surface area contributed by atoms with Gasteiger partial charge in [0.15, 0.2) is 0 Å². The number of amides is 1. The number of nitrogens with zero attached hydrogens (tertiary/aromatic N) is 2. The summed E-state index contributed by atoms with van der Waals surface area (Å²) in [5.74, 6) is 0.209. The molecule has 1 N–H and O–H groups in total. The molecule has 0 spiro atoms. The first-order valence-corrected chi connectivity index (χ1v) is 6.13. The molecule has 1 aliphatic heterocycles. The maximum absolute atomic E-state index is 12.1. The number of piperazine rings is 1. The number of carbonyl (C=O) groups excluding carboxylic acids is 1. The van der Waals surface area contributed by atoms with E-state index in [0.717, 1.165) is 30.6 Å². The van der Waals surface area contributed by atoms with Gasteiger partial charge in [-0.15, -0.1) is 0 Å². The van der Waals surface area contributed by atoms with Crippen LogP contribution in [0, 0.1) is 6.92 Å². The minimum Gasteiger partial charge on any atom is -0.336 e. The molecule has 92 valence electrons. The number of rotatable bonds is 3. The lowest BCUT2D eigenvalue weighted by molar-refractivity contribution is -0.136. The maximum Gasteiger partial charge on any atom is 0.240 e. The zero-order valence-electron chi connectivity index (χ0n) is 10.4. The lowest BCUT2D eigenvalue weighted by Gasteiger charge is -2.32. The number of aromatic nitrogens is 1. The van der Waals surface area contributed by atoms with Crippen LogP contribution in [0.25, 0.3) is 0 Å². The molecule has 1 unspecified atom stereocenters. The quantitative estimate of drug-likeness (QED) is 0.850. The predicted molar refractivity (Wildman–Crippen MR) is 66.5 cm³/mol. The van der Waals surface area contributed by atoms with Crippen molar-refractivity contribution in [1.29, 1.82) is 0 Å². The van der Waals surface area contributed by atoms with Gasteiger partial charge in [-0.05, 0) is 24.5 Å². The van der Waals surface area contributed by atoms with Crippen molar-refractivity contribution in [2.45, 2.75) is 32.9 Å². The number of carbonyl (C=O) groups is 1. The molecule has 1 fully saturated rings. The highest BCUT2D eigenvalue weighted by Gasteiger charge is 2.26. The van der Waals surface area contributed by atoms with E-state index in [1.807, 2.05) is 31.1 Å². The smallest absolute Gasteiger partial charge is 0.240 e. The van der Waals surface area contributed by atoms with E-state index in [9.17, 15) is 4.79 Å². The van der Waals surface area contributed by atoms with E-state index < -0.39 is 0 Å². The largest absolute Gasteiger partial charge is 0.336 e. The highest BCUT2D eigenvalue weighted by Crippen LogP contribution is 2.10. The summed E-state index contributed by atoms with van der Waals surface area (Å²) in [4.78, 5) is 18.2. The summed E-state index contributed by atoms with van der Waals surface area (Å²) in [6, 6.07) is 2.07. The van der Waals surface area contributed by atoms with Gasteiger partial charge in [0, 0.05) is 32.0 Å². The number of hydrogen-bond donors (Lipinski definition) is 1. The van der Waals surface area contributed by atoms with Crippen LogP contribution in [-0.2, 0) is 11.3 Å². The van der Waals surface area contributed by atoms with Crippen LogP contribution in [0.3, 0.4) is 0 Å². The Morgan fingerprint density at radius 3 is 3.06 bits per heavy atom. The highest BCUT2D eigenvalue weighted by molar-refractivity contribution is 5.82. The zero-order chi connectivity index (χ0) is 12.3. The standard InChI is InChI=1S/C13H19N3O/c1-3-12-13(17)16(5-4-15-12)9-11-6-10(2)7-14-8-11/h6-8,12,15H,3-5,9H2,1-2H3. The van der Waals surface area contributed by atoms with E-state index in [-0.39, 0.29) is 11.9 Å². The molecule has 0 aliphatic carbocycles. The summed E-state index contributed by atoms with van der Waals surface area (Å²) < 4.78 is 0. The van der Waals surface area contributed by atoms with Crippen LogP contribution in [0.2, 0.25) is 0 Å². The van der Waals surface area contributed by atoms with Crippen molar-refractivity contribution in [2.24, 2.45) is 0 Å². The minimum absolute atomic E-state index is 0.0125. The molecule has 2 heterocycles. The Kier molecular flexibility index (Phi) is 3.74. The molecule has 17 heavy (non-hydrogen) atoms. The first-order valence-electron chi connectivity index (χ1n) is 6.13. The molecule has 1 aromatic heterocycles. The van der Waals surface area contributed by atoms with Crippen LogP contribution in [-0.4, -0.2) is 34.9 Å². The lowest BCUT2D eigenvalue weighted by atomic mass is 10.1. The van der Waals surface area contributed by atoms with Crippen LogP contribution in [0.15, 0.2) is 18.5 Å². The highest BCUT2D eigenvalue weighted by atomic mass is 16.2. The van der Waals surface area contributed by atoms with Crippen LogP contribution in [0.4, 0.5) is 0 Å². The number of pyridine rings is 1. The van der Waals surface area contributed by atoms with Gasteiger partial charge in [0.1, 0.15) is 0 Å². The molecule has 4 heteroatoms. The Balaban J connectivity index is 2.05. The third kappa shape index (κ3) is 2.82. The van der Waals surface area contributed by atoms with Crippen LogP contribution in [0.1, 0.15) is 24.5 Å². The predicted octanol–water partition coefficient (Wildman–Crippen LogP) is 1.10. The van der Waals surface area contributed by atoms with Crippen molar-refractivity contribution in [3.63, 3.8) is 0 Å². The molecule has 0 saturated carbocycles. The van der Waals surface area contributed by atoms with E-state index in [2.05, 4.69) is 16.4 Å². The third-order valence-corrected chi connectivity index (χ3v) is 3.10. The molecule has 0 bridgehead atoms. The van der Waals surface area contributed by atoms with Gasteiger partial charge >= 0.3 is 0 Å². The molecule has 0 aromatic carbocycles. The first-order chi connectivity index (χ1) is 8.20. The summed E-state index contributed by atoms with van der Waals surface area (Å²) in [6.45, 7) is 6.39. The molecule has 1 saturated heterocycles. The van der Waals surface area contributed by atoms with Gasteiger partial charge in [-0.25, -0.2) is 0 Å². The molecule has 1 aromatic rings. The summed E-state index contributed by atoms with van der Waals surface area (Å²) in [5.41, 5.74) is 2.24. The second kappa shape index (κ2) is 5.27. The van der Waals surface area contributed by atoms with Gasteiger partial charge in [0.25, 0.3) is 0 Å². The van der Waals surface area contributed by atoms with E-state index in [1.165, 1.54) is 0 Å². The fraction of sp³-hybridized carbons (Fsp3) is 0.538. The SMILES string of the molecule is CCC1NCCN(Cc2cncc(C)c2)C1=O. The second-order valence-corrected chi connectivity index (χ2v) is 4.55. The second-order valence-electron chi connectivity index (χ2n) is 4.55. The van der Waals surface area contributed by atoms with Gasteiger partial charge < -0.3 is 10.2 Å². The van der Waals surface area contributed by atoms with Gasteiger partial charge in [-0.1, -0.05) is 13.0 Å². The molecular weight excluding hydrogens is 214 g/mol. The monoisotopic (exact) mass is 233 g/mol. The van der Waals surface area contributed by atoms with Crippen molar-refractivity contribution in [3.8, 4) is 0 Å². The Hall–Kier alpha value is -1.42. The van der Waals surface area contributed by atoms with E-state index in [0.29, 0.717) is 6.54 Å². The molecular formula is C13H19N3O. The first kappa shape index (κ1) is 12.0. The van der Waals surface area contributed by atoms with E-state index in [4.69, 9.17) is 0 Å². The minimum atomic E-state index is -0.0125. The molecule has 4 nitrogen and oxygen atoms in total. The average Bonchev–Trinajstić information content (AvgIpc) is 2.32. The topological polar surface area (TPSA) is 45.2 Å². The zero-order valence-corrected chi connectivity index (χ0v) is 10.4. The number of hydrogen-bond acceptors (Lipinski definition) is 3. The molecule has 1 amide bonds. The Morgan fingerprint density at radius 1 is 1.53 bits per heavy atom. The average molecular weight is 233 g/mol. The Bertz CT molecular complexity index is 405. The summed E-state index contributed by atoms with van der Waals surface area (Å²) >= 11 is 0. The van der Waals surface area contributed by atoms with Crippen LogP contribution in [0.5, 0.6) is 0 Å². The fourth-order valence-electron chi connectivity index (χ4n) is 2.19. The molecule has 1 aliphatic rings. The van der Waals surface area contributed by atoms with Gasteiger partial charge in [0.2, 0.25) is 5.91 Å². The summed E-state index contributed by atoms with van der Waals surface area (Å²) in [6.07, 6.45) is 4.52. The van der Waals surface area contributed by atoms with E-state index >= 15 is 0 Å². The van der Waals surface area contributed by atoms with Crippen LogP contribution >= 0.6 is 0 Å². The van der Waals surface area contributed by atoms with Crippen molar-refractivity contribution in [1.82, 2.24) is 15.2 Å². The third-order valence-electron chi connectivity index (χ3n) is 3.10. The number of nitrogens with one attached hydrogen (secondary N) is 1. The van der Waals surface area contributed by atoms with Crippen LogP contribution < -0.4 is 5.32 Å². The molecule has 1 atom stereocenters. The van der Waals surface area contributed by atoms with Crippen molar-refractivity contribution < 1.29 is 4.79 Å². The lowest BCUT2D eigenvalue weighted by Crippen LogP contribution is -2.54. The Morgan fingerprint density at radius 2 is 2.35 bits per heavy atom. The summed E-state index contributed by atoms with van der Waals surface area (Å²) in [7, 11) is 0. The van der Waals surface area contributed by atoms with Gasteiger partial charge in [-0.3, -0.25) is 9.78 Å². The van der Waals surface area contributed by atoms with Gasteiger partial charge in [-0.2, -0.15) is 0 Å². The van der Waals surface area contributed by atoms with Crippen molar-refractivity contribution >= 4 is 5.91 Å². The van der Waals surface area contributed by atoms with Crippen molar-refractivity contribution in [3.05, 3.63) is 29.6 Å². The van der Waals surface area contributed by atoms with Crippen molar-refractivity contribution in [2.75, 3.05) is 13.1 Å². The summed E-state index contributed by atoms with van der Waals surface area (Å²) in [5, 5.41) is 3.24. The Labute approximate surface area is 102 Å². The molecule has 2 rings (SSSR count). The normalized spacial score (nSPS) is 20.7. The van der Waals surface area contributed by atoms with Gasteiger partial charge in [0.05, 0.1) is 6.04 Å². The van der Waals surface area contributed by atoms with E-state index in [1.54, 1.807) is 0 Å². The fourth-order valence-corrected chi connectivity index (χ4v) is 2.19. The maximum atomic E-state index is 12.1. The molecule has 0 radical (unpaired) electrons.